The fourth-order valence-electron chi connectivity index (χ4n) is 4.11. The Morgan fingerprint density at radius 1 is 1.11 bits per heavy atom. The molecule has 0 fully saturated rings. The molecule has 1 atom stereocenters. The van der Waals surface area contributed by atoms with E-state index in [9.17, 15) is 14.0 Å². The van der Waals surface area contributed by atoms with Crippen LogP contribution in [0.15, 0.2) is 69.8 Å². The van der Waals surface area contributed by atoms with E-state index in [1.165, 1.54) is 31.0 Å². The van der Waals surface area contributed by atoms with Crippen molar-refractivity contribution < 1.29 is 28.2 Å². The quantitative estimate of drug-likeness (QED) is 0.529. The summed E-state index contributed by atoms with van der Waals surface area (Å²) >= 11 is 1.38. The zero-order chi connectivity index (χ0) is 25.8. The molecule has 0 saturated heterocycles. The SMILES string of the molecule is COC(=O)C1=C(C)N=C2SC=C(CC(=O)NCc3ccc(F)cc3)N2[C@H]1c1ccc(OC)cc1OC. The van der Waals surface area contributed by atoms with Crippen molar-refractivity contribution in [2.75, 3.05) is 21.3 Å². The highest BCUT2D eigenvalue weighted by molar-refractivity contribution is 8.16. The number of ether oxygens (including phenoxy) is 3. The molecule has 188 valence electrons. The van der Waals surface area contributed by atoms with Crippen LogP contribution in [0.4, 0.5) is 4.39 Å². The number of esters is 1. The third-order valence-electron chi connectivity index (χ3n) is 5.89. The van der Waals surface area contributed by atoms with E-state index in [0.717, 1.165) is 5.56 Å². The number of thioether (sulfide) groups is 1. The number of halogens is 1. The minimum atomic E-state index is -0.628. The van der Waals surface area contributed by atoms with Gasteiger partial charge in [-0.05, 0) is 42.2 Å². The first-order valence-corrected chi connectivity index (χ1v) is 12.0. The first-order valence-electron chi connectivity index (χ1n) is 11.1. The van der Waals surface area contributed by atoms with Crippen LogP contribution >= 0.6 is 11.8 Å². The molecule has 10 heteroatoms. The molecule has 36 heavy (non-hydrogen) atoms. The first-order chi connectivity index (χ1) is 17.4. The Labute approximate surface area is 212 Å². The Hall–Kier alpha value is -3.79. The summed E-state index contributed by atoms with van der Waals surface area (Å²) in [5.41, 5.74) is 3.04. The molecule has 0 radical (unpaired) electrons. The van der Waals surface area contributed by atoms with E-state index >= 15 is 0 Å². The van der Waals surface area contributed by atoms with Crippen molar-refractivity contribution in [3.63, 3.8) is 0 Å². The average Bonchev–Trinajstić information content (AvgIpc) is 3.28. The number of benzene rings is 2. The Kier molecular flexibility index (Phi) is 7.64. The summed E-state index contributed by atoms with van der Waals surface area (Å²) in [4.78, 5) is 32.2. The normalized spacial score (nSPS) is 16.7. The number of hydrogen-bond acceptors (Lipinski definition) is 8. The molecule has 2 aromatic rings. The number of amides is 1. The highest BCUT2D eigenvalue weighted by Gasteiger charge is 2.42. The number of nitrogens with one attached hydrogen (secondary N) is 1. The molecule has 8 nitrogen and oxygen atoms in total. The number of rotatable bonds is 8. The molecule has 1 N–H and O–H groups in total. The van der Waals surface area contributed by atoms with E-state index in [1.54, 1.807) is 45.4 Å². The maximum Gasteiger partial charge on any atom is 0.338 e. The standard InChI is InChI=1S/C26H26FN3O5S/c1-15-23(25(32)35-4)24(20-10-9-19(33-2)12-21(20)34-3)30-18(14-36-26(30)29-15)11-22(31)28-13-16-5-7-17(27)8-6-16/h5-10,12,14,24H,11,13H2,1-4H3,(H,28,31)/t24-/m0/s1. The van der Waals surface area contributed by atoms with Crippen LogP contribution in [0, 0.1) is 5.82 Å². The van der Waals surface area contributed by atoms with Crippen LogP contribution < -0.4 is 14.8 Å². The number of amidine groups is 1. The van der Waals surface area contributed by atoms with Crippen molar-refractivity contribution in [1.82, 2.24) is 10.2 Å². The molecule has 0 saturated carbocycles. The van der Waals surface area contributed by atoms with E-state index in [2.05, 4.69) is 10.3 Å². The van der Waals surface area contributed by atoms with Crippen molar-refractivity contribution in [1.29, 1.82) is 0 Å². The van der Waals surface area contributed by atoms with Crippen molar-refractivity contribution in [2.24, 2.45) is 4.99 Å². The van der Waals surface area contributed by atoms with Gasteiger partial charge in [0.2, 0.25) is 5.91 Å². The lowest BCUT2D eigenvalue weighted by atomic mass is 9.93. The summed E-state index contributed by atoms with van der Waals surface area (Å²) in [6, 6.07) is 10.7. The fourth-order valence-corrected chi connectivity index (χ4v) is 5.07. The minimum absolute atomic E-state index is 0.0513. The van der Waals surface area contributed by atoms with E-state index in [1.807, 2.05) is 16.4 Å². The van der Waals surface area contributed by atoms with Gasteiger partial charge in [-0.1, -0.05) is 23.9 Å². The molecule has 2 aliphatic rings. The zero-order valence-corrected chi connectivity index (χ0v) is 21.1. The van der Waals surface area contributed by atoms with Crippen LogP contribution in [0.1, 0.15) is 30.5 Å². The lowest BCUT2D eigenvalue weighted by Gasteiger charge is -2.36. The predicted octanol–water partition coefficient (Wildman–Crippen LogP) is 4.30. The molecule has 0 aliphatic carbocycles. The van der Waals surface area contributed by atoms with Crippen molar-refractivity contribution in [3.05, 3.63) is 81.8 Å². The number of nitrogens with zero attached hydrogens (tertiary/aromatic N) is 2. The molecule has 4 rings (SSSR count). The summed E-state index contributed by atoms with van der Waals surface area (Å²) in [6.45, 7) is 2.02. The van der Waals surface area contributed by atoms with Crippen LogP contribution in [0.25, 0.3) is 0 Å². The maximum absolute atomic E-state index is 13.2. The van der Waals surface area contributed by atoms with Crippen molar-refractivity contribution >= 4 is 28.8 Å². The van der Waals surface area contributed by atoms with Gasteiger partial charge >= 0.3 is 5.97 Å². The van der Waals surface area contributed by atoms with E-state index in [4.69, 9.17) is 14.2 Å². The van der Waals surface area contributed by atoms with Gasteiger partial charge in [0.05, 0.1) is 45.1 Å². The summed E-state index contributed by atoms with van der Waals surface area (Å²) < 4.78 is 29.2. The van der Waals surface area contributed by atoms with E-state index in [-0.39, 0.29) is 24.7 Å². The second-order valence-electron chi connectivity index (χ2n) is 8.07. The van der Waals surface area contributed by atoms with Gasteiger partial charge in [0, 0.05) is 23.9 Å². The topological polar surface area (TPSA) is 89.5 Å². The largest absolute Gasteiger partial charge is 0.497 e. The Bertz CT molecular complexity index is 1270. The van der Waals surface area contributed by atoms with Crippen LogP contribution in [0.2, 0.25) is 0 Å². The van der Waals surface area contributed by atoms with E-state index in [0.29, 0.717) is 39.2 Å². The molecular formula is C26H26FN3O5S. The van der Waals surface area contributed by atoms with Crippen LogP contribution in [0.5, 0.6) is 11.5 Å². The molecule has 0 bridgehead atoms. The van der Waals surface area contributed by atoms with Crippen LogP contribution in [0.3, 0.4) is 0 Å². The number of hydrogen-bond donors (Lipinski definition) is 1. The first kappa shape index (κ1) is 25.3. The van der Waals surface area contributed by atoms with Gasteiger partial charge in [-0.25, -0.2) is 14.2 Å². The molecule has 0 unspecified atom stereocenters. The molecule has 1 amide bonds. The smallest absolute Gasteiger partial charge is 0.338 e. The number of carbonyl (C=O) groups is 2. The number of allylic oxidation sites excluding steroid dienone is 1. The molecule has 2 heterocycles. The second kappa shape index (κ2) is 10.9. The number of fused-ring (bicyclic) bond motifs is 1. The van der Waals surface area contributed by atoms with Gasteiger partial charge in [0.25, 0.3) is 0 Å². The van der Waals surface area contributed by atoms with Gasteiger partial charge in [0.15, 0.2) is 5.17 Å². The number of methoxy groups -OCH3 is 3. The highest BCUT2D eigenvalue weighted by atomic mass is 32.2. The zero-order valence-electron chi connectivity index (χ0n) is 20.3. The monoisotopic (exact) mass is 511 g/mol. The number of aliphatic imine (C=N–C) groups is 1. The van der Waals surface area contributed by atoms with Gasteiger partial charge in [-0.15, -0.1) is 0 Å². The Morgan fingerprint density at radius 2 is 1.86 bits per heavy atom. The molecule has 2 aromatic carbocycles. The molecule has 0 spiro atoms. The lowest BCUT2D eigenvalue weighted by molar-refractivity contribution is -0.136. The van der Waals surface area contributed by atoms with Crippen molar-refractivity contribution in [3.8, 4) is 11.5 Å². The summed E-state index contributed by atoms with van der Waals surface area (Å²) in [7, 11) is 4.43. The second-order valence-corrected chi connectivity index (χ2v) is 8.91. The summed E-state index contributed by atoms with van der Waals surface area (Å²) in [5, 5.41) is 5.36. The van der Waals surface area contributed by atoms with E-state index < -0.39 is 12.0 Å². The summed E-state index contributed by atoms with van der Waals surface area (Å²) in [5.74, 6) is 0.0491. The summed E-state index contributed by atoms with van der Waals surface area (Å²) in [6.07, 6.45) is 0.0513. The minimum Gasteiger partial charge on any atom is -0.497 e. The van der Waals surface area contributed by atoms with Crippen LogP contribution in [-0.4, -0.2) is 43.3 Å². The van der Waals surface area contributed by atoms with Gasteiger partial charge in [-0.3, -0.25) is 4.79 Å². The third-order valence-corrected chi connectivity index (χ3v) is 6.77. The van der Waals surface area contributed by atoms with Crippen molar-refractivity contribution in [2.45, 2.75) is 25.9 Å². The maximum atomic E-state index is 13.2. The van der Waals surface area contributed by atoms with Gasteiger partial charge in [0.1, 0.15) is 17.3 Å². The molecule has 0 aromatic heterocycles. The highest BCUT2D eigenvalue weighted by Crippen LogP contribution is 2.47. The number of carbonyl (C=O) groups excluding carboxylic acids is 2. The van der Waals surface area contributed by atoms with Crippen LogP contribution in [-0.2, 0) is 20.9 Å². The molecule has 2 aliphatic heterocycles. The molecular weight excluding hydrogens is 485 g/mol. The van der Waals surface area contributed by atoms with Gasteiger partial charge in [-0.2, -0.15) is 0 Å². The fraction of sp³-hybridized carbons (Fsp3) is 0.269. The Morgan fingerprint density at radius 3 is 2.53 bits per heavy atom. The lowest BCUT2D eigenvalue weighted by Crippen LogP contribution is -2.38. The average molecular weight is 512 g/mol. The predicted molar refractivity (Wildman–Crippen MR) is 135 cm³/mol. The van der Waals surface area contributed by atoms with Gasteiger partial charge < -0.3 is 24.4 Å². The third kappa shape index (κ3) is 5.08. The Balaban J connectivity index is 1.65.